The van der Waals surface area contributed by atoms with Crippen molar-refractivity contribution in [1.29, 1.82) is 0 Å². The molecule has 1 unspecified atom stereocenters. The summed E-state index contributed by atoms with van der Waals surface area (Å²) in [6.07, 6.45) is 4.17. The molecule has 1 saturated heterocycles. The lowest BCUT2D eigenvalue weighted by atomic mass is 9.95. The second-order valence-corrected chi connectivity index (χ2v) is 6.15. The summed E-state index contributed by atoms with van der Waals surface area (Å²) in [5.74, 6) is 1.28. The molecule has 120 valence electrons. The summed E-state index contributed by atoms with van der Waals surface area (Å²) in [6.45, 7) is 2.01. The predicted octanol–water partition coefficient (Wildman–Crippen LogP) is 2.17. The number of ether oxygens (including phenoxy) is 2. The van der Waals surface area contributed by atoms with Gasteiger partial charge in [0.05, 0.1) is 13.2 Å². The zero-order valence-electron chi connectivity index (χ0n) is 12.8. The number of anilines is 1. The lowest BCUT2D eigenvalue weighted by molar-refractivity contribution is -0.120. The molecule has 5 heteroatoms. The van der Waals surface area contributed by atoms with E-state index in [9.17, 15) is 4.79 Å². The monoisotopic (exact) mass is 304 g/mol. The molecule has 2 fully saturated rings. The van der Waals surface area contributed by atoms with E-state index in [2.05, 4.69) is 5.32 Å². The number of nitrogens with two attached hydrogens (primary N) is 1. The van der Waals surface area contributed by atoms with Crippen LogP contribution in [0.15, 0.2) is 24.3 Å². The van der Waals surface area contributed by atoms with Crippen molar-refractivity contribution in [3.05, 3.63) is 24.3 Å². The van der Waals surface area contributed by atoms with Gasteiger partial charge in [-0.05, 0) is 49.6 Å². The lowest BCUT2D eigenvalue weighted by Gasteiger charge is -2.17. The number of rotatable bonds is 5. The van der Waals surface area contributed by atoms with E-state index in [0.29, 0.717) is 19.1 Å². The number of hydrogen-bond acceptors (Lipinski definition) is 4. The summed E-state index contributed by atoms with van der Waals surface area (Å²) in [6, 6.07) is 7.55. The van der Waals surface area contributed by atoms with Gasteiger partial charge in [0.2, 0.25) is 5.91 Å². The molecule has 3 rings (SSSR count). The van der Waals surface area contributed by atoms with Crippen LogP contribution < -0.4 is 15.8 Å². The predicted molar refractivity (Wildman–Crippen MR) is 84.8 cm³/mol. The first-order chi connectivity index (χ1) is 10.8. The van der Waals surface area contributed by atoms with Gasteiger partial charge in [-0.15, -0.1) is 0 Å². The van der Waals surface area contributed by atoms with Gasteiger partial charge in [-0.2, -0.15) is 0 Å². The summed E-state index contributed by atoms with van der Waals surface area (Å²) >= 11 is 0. The second kappa shape index (κ2) is 7.11. The van der Waals surface area contributed by atoms with Crippen molar-refractivity contribution in [3.63, 3.8) is 0 Å². The smallest absolute Gasteiger partial charge is 0.227 e. The molecule has 3 atom stereocenters. The maximum Gasteiger partial charge on any atom is 0.227 e. The highest BCUT2D eigenvalue weighted by atomic mass is 16.5. The van der Waals surface area contributed by atoms with Crippen molar-refractivity contribution in [1.82, 2.24) is 0 Å². The van der Waals surface area contributed by atoms with Gasteiger partial charge >= 0.3 is 0 Å². The highest BCUT2D eigenvalue weighted by Crippen LogP contribution is 2.32. The number of carbonyl (C=O) groups excluding carboxylic acids is 1. The summed E-state index contributed by atoms with van der Waals surface area (Å²) in [4.78, 5) is 12.3. The molecular weight excluding hydrogens is 280 g/mol. The fourth-order valence-electron chi connectivity index (χ4n) is 3.31. The number of benzene rings is 1. The Hall–Kier alpha value is -1.59. The largest absolute Gasteiger partial charge is 0.488 e. The number of amides is 1. The maximum atomic E-state index is 12.3. The molecule has 1 saturated carbocycles. The Kier molecular flexibility index (Phi) is 4.95. The van der Waals surface area contributed by atoms with Gasteiger partial charge in [0, 0.05) is 18.0 Å². The molecule has 1 aliphatic heterocycles. The topological polar surface area (TPSA) is 73.6 Å². The quantitative estimate of drug-likeness (QED) is 0.874. The van der Waals surface area contributed by atoms with Crippen LogP contribution in [0.25, 0.3) is 0 Å². The number of hydrogen-bond donors (Lipinski definition) is 2. The van der Waals surface area contributed by atoms with E-state index >= 15 is 0 Å². The van der Waals surface area contributed by atoms with Crippen LogP contribution >= 0.6 is 0 Å². The van der Waals surface area contributed by atoms with Crippen LogP contribution in [-0.4, -0.2) is 31.8 Å². The van der Waals surface area contributed by atoms with Crippen LogP contribution in [0.2, 0.25) is 0 Å². The van der Waals surface area contributed by atoms with E-state index in [-0.39, 0.29) is 17.9 Å². The first kappa shape index (κ1) is 15.3. The minimum atomic E-state index is 0.0524. The van der Waals surface area contributed by atoms with Crippen molar-refractivity contribution in [2.45, 2.75) is 31.8 Å². The van der Waals surface area contributed by atoms with E-state index < -0.39 is 0 Å². The first-order valence-corrected chi connectivity index (χ1v) is 8.11. The third kappa shape index (κ3) is 3.59. The zero-order valence-corrected chi connectivity index (χ0v) is 12.8. The summed E-state index contributed by atoms with van der Waals surface area (Å²) in [5, 5.41) is 2.99. The van der Waals surface area contributed by atoms with E-state index in [1.165, 1.54) is 0 Å². The molecule has 2 aliphatic rings. The van der Waals surface area contributed by atoms with Crippen LogP contribution in [0.4, 0.5) is 5.69 Å². The van der Waals surface area contributed by atoms with E-state index in [0.717, 1.165) is 43.7 Å². The van der Waals surface area contributed by atoms with Gasteiger partial charge in [-0.3, -0.25) is 4.79 Å². The Morgan fingerprint density at radius 3 is 2.77 bits per heavy atom. The van der Waals surface area contributed by atoms with Crippen LogP contribution in [-0.2, 0) is 9.53 Å². The van der Waals surface area contributed by atoms with Crippen LogP contribution in [0.1, 0.15) is 25.7 Å². The second-order valence-electron chi connectivity index (χ2n) is 6.15. The van der Waals surface area contributed by atoms with Crippen molar-refractivity contribution in [3.8, 4) is 5.75 Å². The van der Waals surface area contributed by atoms with Gasteiger partial charge in [-0.1, -0.05) is 6.42 Å². The molecule has 1 aromatic rings. The lowest BCUT2D eigenvalue weighted by Crippen LogP contribution is -2.29. The summed E-state index contributed by atoms with van der Waals surface area (Å²) < 4.78 is 11.1. The highest BCUT2D eigenvalue weighted by molar-refractivity contribution is 5.93. The molecule has 1 aliphatic carbocycles. The Bertz CT molecular complexity index is 497. The van der Waals surface area contributed by atoms with Crippen molar-refractivity contribution < 1.29 is 14.3 Å². The molecule has 5 nitrogen and oxygen atoms in total. The maximum absolute atomic E-state index is 12.3. The van der Waals surface area contributed by atoms with Crippen LogP contribution in [0.3, 0.4) is 0 Å². The molecule has 1 aromatic carbocycles. The van der Waals surface area contributed by atoms with E-state index in [4.69, 9.17) is 15.2 Å². The van der Waals surface area contributed by atoms with Crippen molar-refractivity contribution in [2.75, 3.05) is 25.1 Å². The minimum absolute atomic E-state index is 0.0524. The summed E-state index contributed by atoms with van der Waals surface area (Å²) in [7, 11) is 0. The van der Waals surface area contributed by atoms with Crippen molar-refractivity contribution >= 4 is 11.6 Å². The van der Waals surface area contributed by atoms with E-state index in [1.54, 1.807) is 0 Å². The third-order valence-electron chi connectivity index (χ3n) is 4.61. The van der Waals surface area contributed by atoms with Gasteiger partial charge < -0.3 is 20.5 Å². The zero-order chi connectivity index (χ0) is 15.4. The van der Waals surface area contributed by atoms with Crippen LogP contribution in [0.5, 0.6) is 5.75 Å². The molecule has 22 heavy (non-hydrogen) atoms. The van der Waals surface area contributed by atoms with Crippen LogP contribution in [0, 0.1) is 11.8 Å². The molecule has 0 aromatic heterocycles. The molecule has 1 amide bonds. The minimum Gasteiger partial charge on any atom is -0.488 e. The van der Waals surface area contributed by atoms with Crippen molar-refractivity contribution in [2.24, 2.45) is 17.6 Å². The van der Waals surface area contributed by atoms with Gasteiger partial charge in [0.15, 0.2) is 0 Å². The van der Waals surface area contributed by atoms with Gasteiger partial charge in [0.1, 0.15) is 11.9 Å². The number of carbonyl (C=O) groups is 1. The molecule has 0 bridgehead atoms. The molecule has 0 radical (unpaired) electrons. The fraction of sp³-hybridized carbons (Fsp3) is 0.588. The molecule has 1 heterocycles. The Morgan fingerprint density at radius 2 is 2.09 bits per heavy atom. The Labute approximate surface area is 131 Å². The molecular formula is C17H24N2O3. The average molecular weight is 304 g/mol. The van der Waals surface area contributed by atoms with Gasteiger partial charge in [0.25, 0.3) is 0 Å². The highest BCUT2D eigenvalue weighted by Gasteiger charge is 2.31. The Balaban J connectivity index is 1.55. The normalized spacial score (nSPS) is 27.8. The SMILES string of the molecule is NC[C@H]1CCC[C@H]1C(=O)Nc1ccc(OC2CCOC2)cc1. The third-order valence-corrected chi connectivity index (χ3v) is 4.61. The first-order valence-electron chi connectivity index (χ1n) is 8.11. The standard InChI is InChI=1S/C17H24N2O3/c18-10-12-2-1-3-16(12)17(20)19-13-4-6-14(7-5-13)22-15-8-9-21-11-15/h4-7,12,15-16H,1-3,8-11,18H2,(H,19,20)/t12-,15?,16-/m1/s1. The number of nitrogens with one attached hydrogen (secondary N) is 1. The van der Waals surface area contributed by atoms with Gasteiger partial charge in [-0.25, -0.2) is 0 Å². The fourth-order valence-corrected chi connectivity index (χ4v) is 3.31. The molecule has 0 spiro atoms. The summed E-state index contributed by atoms with van der Waals surface area (Å²) in [5.41, 5.74) is 6.55. The average Bonchev–Trinajstić information content (AvgIpc) is 3.20. The van der Waals surface area contributed by atoms with E-state index in [1.807, 2.05) is 24.3 Å². The Morgan fingerprint density at radius 1 is 1.27 bits per heavy atom. The molecule has 3 N–H and O–H groups in total.